The summed E-state index contributed by atoms with van der Waals surface area (Å²) in [5.74, 6) is 0.00542. The summed E-state index contributed by atoms with van der Waals surface area (Å²) in [5, 5.41) is 20.0. The molecule has 264 valence electrons. The molecule has 47 heavy (non-hydrogen) atoms. The van der Waals surface area contributed by atoms with E-state index in [0.29, 0.717) is 18.6 Å². The third-order valence-corrected chi connectivity index (χ3v) is 14.8. The lowest BCUT2D eigenvalue weighted by Gasteiger charge is -2.62. The van der Waals surface area contributed by atoms with Crippen LogP contribution in [-0.4, -0.2) is 83.6 Å². The van der Waals surface area contributed by atoms with Gasteiger partial charge in [0, 0.05) is 18.3 Å². The van der Waals surface area contributed by atoms with Crippen LogP contribution in [0.4, 0.5) is 0 Å². The second-order valence-corrected chi connectivity index (χ2v) is 17.7. The summed E-state index contributed by atoms with van der Waals surface area (Å²) < 4.78 is 24.0. The maximum Gasteiger partial charge on any atom is 0.303 e. The van der Waals surface area contributed by atoms with Crippen molar-refractivity contribution in [2.24, 2.45) is 50.7 Å². The van der Waals surface area contributed by atoms with E-state index < -0.39 is 54.0 Å². The standard InChI is InChI=1S/C37H56O10/c1-20-15-23(31(33(5,6)43)45-21(2)40)46-29-28(20)34(7)13-14-37-19-36(37)12-11-26(47-27(17-39)44-18-22(41)16-38)32(3,4)24(36)9-10-25(37)35(34,8)30(29)42/h17,20,23-29,31,38,43H,9-16,18-19H2,1-8H3/t20-,23-,24+,25+,26+,27+,28+,29+,31+,34-,35-,36-,37+/m1/s1. The lowest BCUT2D eigenvalue weighted by atomic mass is 9.41. The van der Waals surface area contributed by atoms with Crippen LogP contribution >= 0.6 is 0 Å². The number of fused-ring (bicyclic) bond motifs is 4. The smallest absolute Gasteiger partial charge is 0.303 e. The quantitative estimate of drug-likeness (QED) is 0.199. The Morgan fingerprint density at radius 3 is 2.34 bits per heavy atom. The van der Waals surface area contributed by atoms with E-state index in [4.69, 9.17) is 24.1 Å². The Hall–Kier alpha value is -1.72. The van der Waals surface area contributed by atoms with Gasteiger partial charge >= 0.3 is 5.97 Å². The molecule has 0 bridgehead atoms. The average Bonchev–Trinajstić information content (AvgIpc) is 3.62. The minimum atomic E-state index is -1.32. The monoisotopic (exact) mass is 660 g/mol. The molecule has 10 nitrogen and oxygen atoms in total. The second-order valence-electron chi connectivity index (χ2n) is 17.7. The van der Waals surface area contributed by atoms with Crippen molar-refractivity contribution in [2.45, 2.75) is 143 Å². The highest BCUT2D eigenvalue weighted by molar-refractivity contribution is 5.93. The van der Waals surface area contributed by atoms with Crippen molar-refractivity contribution in [2.75, 3.05) is 13.2 Å². The summed E-state index contributed by atoms with van der Waals surface area (Å²) in [5.41, 5.74) is -2.18. The third-order valence-electron chi connectivity index (χ3n) is 14.8. The summed E-state index contributed by atoms with van der Waals surface area (Å²) in [7, 11) is 0. The number of ether oxygens (including phenoxy) is 4. The Bertz CT molecular complexity index is 1300. The fourth-order valence-electron chi connectivity index (χ4n) is 12.8. The molecule has 5 aliphatic carbocycles. The maximum atomic E-state index is 14.9. The molecule has 6 fully saturated rings. The van der Waals surface area contributed by atoms with Gasteiger partial charge in [0.1, 0.15) is 19.3 Å². The Morgan fingerprint density at radius 1 is 1.06 bits per heavy atom. The summed E-state index contributed by atoms with van der Waals surface area (Å²) in [6, 6.07) is 0. The van der Waals surface area contributed by atoms with Gasteiger partial charge < -0.3 is 29.2 Å². The fourth-order valence-corrected chi connectivity index (χ4v) is 12.8. The topological polar surface area (TPSA) is 146 Å². The number of rotatable bonds is 10. The van der Waals surface area contributed by atoms with Crippen molar-refractivity contribution < 1.29 is 48.3 Å². The average molecular weight is 661 g/mol. The number of hydrogen-bond acceptors (Lipinski definition) is 10. The normalized spacial score (nSPS) is 46.1. The van der Waals surface area contributed by atoms with Gasteiger partial charge in [-0.05, 0) is 105 Å². The summed E-state index contributed by atoms with van der Waals surface area (Å²) in [6.45, 7) is 14.8. The number of Topliss-reactive ketones (excluding diaryl/α,β-unsaturated/α-hetero) is 2. The molecule has 13 atom stereocenters. The number of ketones is 2. The predicted molar refractivity (Wildman–Crippen MR) is 170 cm³/mol. The Morgan fingerprint density at radius 2 is 1.72 bits per heavy atom. The largest absolute Gasteiger partial charge is 0.457 e. The van der Waals surface area contributed by atoms with Gasteiger partial charge in [-0.25, -0.2) is 0 Å². The van der Waals surface area contributed by atoms with Gasteiger partial charge in [0.15, 0.2) is 24.0 Å². The van der Waals surface area contributed by atoms with Crippen LogP contribution in [0.5, 0.6) is 0 Å². The number of aliphatic hydroxyl groups is 2. The molecule has 1 heterocycles. The number of carbonyl (C=O) groups is 4. The van der Waals surface area contributed by atoms with Gasteiger partial charge in [-0.2, -0.15) is 0 Å². The Kier molecular flexibility index (Phi) is 8.52. The zero-order valence-corrected chi connectivity index (χ0v) is 29.5. The van der Waals surface area contributed by atoms with E-state index in [1.165, 1.54) is 6.92 Å². The van der Waals surface area contributed by atoms with Crippen molar-refractivity contribution in [1.82, 2.24) is 0 Å². The number of aliphatic hydroxyl groups excluding tert-OH is 1. The first-order valence-corrected chi connectivity index (χ1v) is 17.8. The van der Waals surface area contributed by atoms with Crippen molar-refractivity contribution in [3.8, 4) is 0 Å². The fraction of sp³-hybridized carbons (Fsp3) is 0.892. The summed E-state index contributed by atoms with van der Waals surface area (Å²) in [6.07, 6.45) is 4.55. The molecule has 2 spiro atoms. The first-order valence-electron chi connectivity index (χ1n) is 17.8. The van der Waals surface area contributed by atoms with Crippen LogP contribution < -0.4 is 0 Å². The van der Waals surface area contributed by atoms with Crippen LogP contribution in [0.3, 0.4) is 0 Å². The molecule has 0 amide bonds. The molecular weight excluding hydrogens is 604 g/mol. The number of esters is 1. The Balaban J connectivity index is 1.25. The van der Waals surface area contributed by atoms with E-state index in [1.807, 2.05) is 0 Å². The molecule has 0 unspecified atom stereocenters. The molecule has 0 aromatic carbocycles. The summed E-state index contributed by atoms with van der Waals surface area (Å²) in [4.78, 5) is 50.4. The van der Waals surface area contributed by atoms with Crippen LogP contribution in [-0.2, 0) is 38.1 Å². The zero-order valence-electron chi connectivity index (χ0n) is 29.5. The molecule has 1 saturated heterocycles. The molecule has 0 aromatic rings. The van der Waals surface area contributed by atoms with E-state index in [9.17, 15) is 24.3 Å². The third kappa shape index (κ3) is 4.89. The van der Waals surface area contributed by atoms with Gasteiger partial charge in [-0.3, -0.25) is 19.2 Å². The van der Waals surface area contributed by atoms with Gasteiger partial charge in [-0.1, -0.05) is 34.6 Å². The minimum absolute atomic E-state index is 0.0550. The maximum absolute atomic E-state index is 14.9. The van der Waals surface area contributed by atoms with Crippen LogP contribution in [0.25, 0.3) is 0 Å². The minimum Gasteiger partial charge on any atom is -0.457 e. The molecule has 1 aliphatic heterocycles. The molecule has 6 aliphatic rings. The van der Waals surface area contributed by atoms with Crippen molar-refractivity contribution in [3.63, 3.8) is 0 Å². The van der Waals surface area contributed by atoms with Crippen LogP contribution in [0.2, 0.25) is 0 Å². The molecular formula is C37H56O10. The number of hydrogen-bond donors (Lipinski definition) is 2. The second kappa shape index (κ2) is 11.4. The van der Waals surface area contributed by atoms with Crippen molar-refractivity contribution in [1.29, 1.82) is 0 Å². The highest BCUT2D eigenvalue weighted by Gasteiger charge is 2.85. The zero-order chi connectivity index (χ0) is 34.5. The van der Waals surface area contributed by atoms with Crippen LogP contribution in [0.15, 0.2) is 0 Å². The van der Waals surface area contributed by atoms with Crippen molar-refractivity contribution >= 4 is 23.8 Å². The predicted octanol–water partition coefficient (Wildman–Crippen LogP) is 4.20. The van der Waals surface area contributed by atoms with Crippen molar-refractivity contribution in [3.05, 3.63) is 0 Å². The molecule has 0 radical (unpaired) electrons. The molecule has 10 heteroatoms. The van der Waals surface area contributed by atoms with Gasteiger partial charge in [0.25, 0.3) is 0 Å². The SMILES string of the molecule is CC(=O)O[C@@H]([C@H]1C[C@@H](C)[C@H]2[C@H](O1)C(=O)[C@@]1(C)[C@@H]3CC[C@H]4C(C)(C)[C@@H](O[C@@H](C=O)OCC(=O)CO)CC[C@@]45C[C@@]35CC[C@]21C)C(C)(C)O. The number of aldehydes is 1. The number of carbonyl (C=O) groups excluding carboxylic acids is 4. The highest BCUT2D eigenvalue weighted by atomic mass is 16.7. The van der Waals surface area contributed by atoms with Crippen LogP contribution in [0.1, 0.15) is 107 Å². The van der Waals surface area contributed by atoms with E-state index in [2.05, 4.69) is 34.6 Å². The molecule has 2 N–H and O–H groups in total. The Labute approximate surface area is 279 Å². The molecule has 5 saturated carbocycles. The summed E-state index contributed by atoms with van der Waals surface area (Å²) >= 11 is 0. The highest BCUT2D eigenvalue weighted by Crippen LogP contribution is 2.89. The van der Waals surface area contributed by atoms with Gasteiger partial charge in [0.05, 0.1) is 17.8 Å². The first-order chi connectivity index (χ1) is 21.8. The van der Waals surface area contributed by atoms with Crippen LogP contribution in [0, 0.1) is 50.7 Å². The van der Waals surface area contributed by atoms with Gasteiger partial charge in [0.2, 0.25) is 6.29 Å². The van der Waals surface area contributed by atoms with E-state index in [1.54, 1.807) is 13.8 Å². The lowest BCUT2D eigenvalue weighted by molar-refractivity contribution is -0.222. The lowest BCUT2D eigenvalue weighted by Crippen LogP contribution is -2.59. The first kappa shape index (κ1) is 35.1. The molecule has 0 aromatic heterocycles. The van der Waals surface area contributed by atoms with Gasteiger partial charge in [-0.15, -0.1) is 0 Å². The molecule has 6 rings (SSSR count). The van der Waals surface area contributed by atoms with E-state index >= 15 is 0 Å². The van der Waals surface area contributed by atoms with E-state index in [0.717, 1.165) is 44.9 Å². The van der Waals surface area contributed by atoms with E-state index in [-0.39, 0.29) is 57.9 Å².